The number of carbonyl (C=O) groups is 3. The molecule has 1 N–H and O–H groups in total. The van der Waals surface area contributed by atoms with Gasteiger partial charge >= 0.3 is 11.9 Å². The van der Waals surface area contributed by atoms with E-state index in [-0.39, 0.29) is 16.8 Å². The van der Waals surface area contributed by atoms with Crippen molar-refractivity contribution in [1.82, 2.24) is 0 Å². The van der Waals surface area contributed by atoms with Crippen molar-refractivity contribution in [1.29, 1.82) is 0 Å². The van der Waals surface area contributed by atoms with Crippen LogP contribution in [0.15, 0.2) is 42.5 Å². The number of hydrogen-bond donors (Lipinski definition) is 1. The number of esters is 2. The molecule has 7 heteroatoms. The molecule has 0 saturated heterocycles. The lowest BCUT2D eigenvalue weighted by Gasteiger charge is -2.15. The topological polar surface area (TPSA) is 90.9 Å². The summed E-state index contributed by atoms with van der Waals surface area (Å²) in [6.07, 6.45) is -0.795. The Labute approximate surface area is 157 Å². The van der Waals surface area contributed by atoms with E-state index in [1.807, 2.05) is 19.1 Å². The number of carbonyl (C=O) groups excluding carboxylic acids is 3. The molecule has 0 heterocycles. The maximum atomic E-state index is 12.4. The number of ether oxygens (including phenoxy) is 3. The summed E-state index contributed by atoms with van der Waals surface area (Å²) in [6, 6.07) is 11.5. The highest BCUT2D eigenvalue weighted by Gasteiger charge is 2.18. The summed E-state index contributed by atoms with van der Waals surface area (Å²) in [4.78, 5) is 36.0. The van der Waals surface area contributed by atoms with Gasteiger partial charge in [-0.15, -0.1) is 0 Å². The number of benzene rings is 2. The molecule has 0 aliphatic rings. The monoisotopic (exact) mass is 371 g/mol. The molecule has 0 radical (unpaired) electrons. The molecule has 2 rings (SSSR count). The quantitative estimate of drug-likeness (QED) is 0.785. The van der Waals surface area contributed by atoms with E-state index in [0.717, 1.165) is 5.56 Å². The third kappa shape index (κ3) is 5.31. The molecule has 2 aromatic carbocycles. The van der Waals surface area contributed by atoms with Gasteiger partial charge in [0.15, 0.2) is 6.10 Å². The highest BCUT2D eigenvalue weighted by atomic mass is 16.5. The number of nitrogens with one attached hydrogen (secondary N) is 1. The molecule has 1 amide bonds. The molecule has 0 aromatic heterocycles. The molecular formula is C20H21NO6. The van der Waals surface area contributed by atoms with Gasteiger partial charge in [-0.3, -0.25) is 4.79 Å². The predicted octanol–water partition coefficient (Wildman–Crippen LogP) is 2.97. The maximum Gasteiger partial charge on any atom is 0.337 e. The highest BCUT2D eigenvalue weighted by molar-refractivity contribution is 6.00. The Bertz CT molecular complexity index is 810. The summed E-state index contributed by atoms with van der Waals surface area (Å²) in [5, 5.41) is 2.63. The normalized spacial score (nSPS) is 11.3. The first-order valence-corrected chi connectivity index (χ1v) is 8.20. The number of amides is 1. The van der Waals surface area contributed by atoms with Crippen LogP contribution in [0.25, 0.3) is 0 Å². The minimum atomic E-state index is -0.795. The average Bonchev–Trinajstić information content (AvgIpc) is 2.67. The number of methoxy groups -OCH3 is 2. The lowest BCUT2D eigenvalue weighted by Crippen LogP contribution is -2.30. The van der Waals surface area contributed by atoms with Crippen molar-refractivity contribution in [3.05, 3.63) is 59.2 Å². The van der Waals surface area contributed by atoms with Crippen molar-refractivity contribution >= 4 is 23.5 Å². The minimum absolute atomic E-state index is 0.114. The molecule has 0 unspecified atom stereocenters. The lowest BCUT2D eigenvalue weighted by atomic mass is 10.1. The van der Waals surface area contributed by atoms with Gasteiger partial charge in [0.25, 0.3) is 5.91 Å². The van der Waals surface area contributed by atoms with Gasteiger partial charge in [0, 0.05) is 5.69 Å². The fraction of sp³-hybridized carbons (Fsp3) is 0.250. The Balaban J connectivity index is 2.18. The van der Waals surface area contributed by atoms with E-state index >= 15 is 0 Å². The van der Waals surface area contributed by atoms with Gasteiger partial charge in [-0.2, -0.15) is 0 Å². The van der Waals surface area contributed by atoms with Crippen LogP contribution in [0.2, 0.25) is 0 Å². The van der Waals surface area contributed by atoms with Crippen LogP contribution in [0.4, 0.5) is 5.69 Å². The third-order valence-corrected chi connectivity index (χ3v) is 3.75. The molecule has 142 valence electrons. The van der Waals surface area contributed by atoms with Gasteiger partial charge in [0.2, 0.25) is 0 Å². The Morgan fingerprint density at radius 3 is 1.89 bits per heavy atom. The molecule has 7 nitrogen and oxygen atoms in total. The smallest absolute Gasteiger partial charge is 0.337 e. The Morgan fingerprint density at radius 1 is 0.889 bits per heavy atom. The average molecular weight is 371 g/mol. The molecule has 0 saturated carbocycles. The first-order chi connectivity index (χ1) is 12.8. The van der Waals surface area contributed by atoms with E-state index < -0.39 is 23.9 Å². The molecule has 0 fully saturated rings. The number of aryl methyl sites for hydroxylation is 1. The van der Waals surface area contributed by atoms with Crippen molar-refractivity contribution in [2.45, 2.75) is 20.0 Å². The SMILES string of the molecule is COC(=O)c1cc(NC(=O)[C@H](C)Oc2ccc(C)cc2)cc(C(=O)OC)c1. The van der Waals surface area contributed by atoms with Crippen LogP contribution >= 0.6 is 0 Å². The first-order valence-electron chi connectivity index (χ1n) is 8.20. The third-order valence-electron chi connectivity index (χ3n) is 3.75. The van der Waals surface area contributed by atoms with Crippen LogP contribution in [0.3, 0.4) is 0 Å². The zero-order chi connectivity index (χ0) is 20.0. The maximum absolute atomic E-state index is 12.4. The summed E-state index contributed by atoms with van der Waals surface area (Å²) < 4.78 is 15.0. The zero-order valence-electron chi connectivity index (χ0n) is 15.6. The number of anilines is 1. The van der Waals surface area contributed by atoms with Crippen LogP contribution in [-0.2, 0) is 14.3 Å². The predicted molar refractivity (Wildman–Crippen MR) is 99.0 cm³/mol. The zero-order valence-corrected chi connectivity index (χ0v) is 15.6. The second-order valence-electron chi connectivity index (χ2n) is 5.84. The summed E-state index contributed by atoms with van der Waals surface area (Å²) >= 11 is 0. The highest BCUT2D eigenvalue weighted by Crippen LogP contribution is 2.18. The summed E-state index contributed by atoms with van der Waals surface area (Å²) in [7, 11) is 2.45. The van der Waals surface area contributed by atoms with Gasteiger partial charge in [0.1, 0.15) is 5.75 Å². The van der Waals surface area contributed by atoms with Crippen LogP contribution in [0, 0.1) is 6.92 Å². The Kier molecular flexibility index (Phi) is 6.54. The second-order valence-corrected chi connectivity index (χ2v) is 5.84. The Hall–Kier alpha value is -3.35. The van der Waals surface area contributed by atoms with Crippen LogP contribution < -0.4 is 10.1 Å². The molecule has 1 atom stereocenters. The van der Waals surface area contributed by atoms with E-state index in [2.05, 4.69) is 14.8 Å². The molecular weight excluding hydrogens is 350 g/mol. The van der Waals surface area contributed by atoms with Crippen LogP contribution in [0.5, 0.6) is 5.75 Å². The van der Waals surface area contributed by atoms with E-state index in [1.54, 1.807) is 19.1 Å². The summed E-state index contributed by atoms with van der Waals surface area (Å²) in [5.41, 5.74) is 1.56. The van der Waals surface area contributed by atoms with Crippen LogP contribution in [0.1, 0.15) is 33.2 Å². The lowest BCUT2D eigenvalue weighted by molar-refractivity contribution is -0.122. The van der Waals surface area contributed by atoms with Gasteiger partial charge in [0.05, 0.1) is 25.3 Å². The summed E-state index contributed by atoms with van der Waals surface area (Å²) in [5.74, 6) is -1.16. The van der Waals surface area contributed by atoms with Crippen molar-refractivity contribution in [3.8, 4) is 5.75 Å². The number of rotatable bonds is 6. The van der Waals surface area contributed by atoms with Crippen molar-refractivity contribution in [3.63, 3.8) is 0 Å². The molecule has 0 spiro atoms. The van der Waals surface area contributed by atoms with Gasteiger partial charge in [-0.1, -0.05) is 17.7 Å². The van der Waals surface area contributed by atoms with E-state index in [1.165, 1.54) is 32.4 Å². The number of hydrogen-bond acceptors (Lipinski definition) is 6. The van der Waals surface area contributed by atoms with Crippen molar-refractivity contribution in [2.24, 2.45) is 0 Å². The molecule has 27 heavy (non-hydrogen) atoms. The molecule has 0 aliphatic carbocycles. The summed E-state index contributed by atoms with van der Waals surface area (Å²) in [6.45, 7) is 3.55. The molecule has 0 aliphatic heterocycles. The molecule has 0 bridgehead atoms. The van der Waals surface area contributed by atoms with E-state index in [4.69, 9.17) is 4.74 Å². The van der Waals surface area contributed by atoms with E-state index in [9.17, 15) is 14.4 Å². The first kappa shape index (κ1) is 20.0. The Morgan fingerprint density at radius 2 is 1.41 bits per heavy atom. The standard InChI is InChI=1S/C20H21NO6/c1-12-5-7-17(8-6-12)27-13(2)18(22)21-16-10-14(19(23)25-3)9-15(11-16)20(24)26-4/h5-11,13H,1-4H3,(H,21,22)/t13-/m0/s1. The van der Waals surface area contributed by atoms with Gasteiger partial charge in [-0.05, 0) is 44.2 Å². The van der Waals surface area contributed by atoms with Gasteiger partial charge < -0.3 is 19.5 Å². The fourth-order valence-corrected chi connectivity index (χ4v) is 2.29. The van der Waals surface area contributed by atoms with Gasteiger partial charge in [-0.25, -0.2) is 9.59 Å². The molecule has 2 aromatic rings. The van der Waals surface area contributed by atoms with E-state index in [0.29, 0.717) is 5.75 Å². The fourth-order valence-electron chi connectivity index (χ4n) is 2.29. The second kappa shape index (κ2) is 8.84. The van der Waals surface area contributed by atoms with Crippen molar-refractivity contribution in [2.75, 3.05) is 19.5 Å². The van der Waals surface area contributed by atoms with Crippen LogP contribution in [-0.4, -0.2) is 38.2 Å². The minimum Gasteiger partial charge on any atom is -0.481 e. The van der Waals surface area contributed by atoms with Crippen molar-refractivity contribution < 1.29 is 28.6 Å². The largest absolute Gasteiger partial charge is 0.481 e.